The summed E-state index contributed by atoms with van der Waals surface area (Å²) in [6.07, 6.45) is -4.53. The molecule has 0 saturated carbocycles. The molecule has 150 valence electrons. The van der Waals surface area contributed by atoms with E-state index in [4.69, 9.17) is 0 Å². The number of nitrogens with one attached hydrogen (secondary N) is 3. The number of carbonyl (C=O) groups is 2. The number of rotatable bonds is 6. The Morgan fingerprint density at radius 3 is 2.36 bits per heavy atom. The zero-order chi connectivity index (χ0) is 20.9. The number of alkyl halides is 3. The van der Waals surface area contributed by atoms with E-state index in [2.05, 4.69) is 16.0 Å². The minimum absolute atomic E-state index is 0.00525. The van der Waals surface area contributed by atoms with Gasteiger partial charge in [0.25, 0.3) is 0 Å². The lowest BCUT2D eigenvalue weighted by molar-refractivity contribution is -0.137. The summed E-state index contributed by atoms with van der Waals surface area (Å²) in [5.74, 6) is -3.73. The normalized spacial score (nSPS) is 12.2. The zero-order valence-corrected chi connectivity index (χ0v) is 14.5. The molecule has 5 nitrogen and oxygen atoms in total. The number of hydrogen-bond donors (Lipinski definition) is 3. The predicted octanol–water partition coefficient (Wildman–Crippen LogP) is 3.00. The molecule has 0 spiro atoms. The highest BCUT2D eigenvalue weighted by Gasteiger charge is 2.30. The summed E-state index contributed by atoms with van der Waals surface area (Å²) < 4.78 is 64.6. The van der Waals surface area contributed by atoms with Gasteiger partial charge in [-0.05, 0) is 35.9 Å². The lowest BCUT2D eigenvalue weighted by Gasteiger charge is -2.18. The molecule has 0 aliphatic heterocycles. The van der Waals surface area contributed by atoms with Crippen molar-refractivity contribution in [3.63, 3.8) is 0 Å². The number of amides is 2. The van der Waals surface area contributed by atoms with Crippen molar-refractivity contribution in [3.8, 4) is 0 Å². The quantitative estimate of drug-likeness (QED) is 0.652. The molecule has 2 amide bonds. The largest absolute Gasteiger partial charge is 0.416 e. The Morgan fingerprint density at radius 2 is 1.75 bits per heavy atom. The maximum absolute atomic E-state index is 13.4. The zero-order valence-electron chi connectivity index (χ0n) is 14.5. The second-order valence-corrected chi connectivity index (χ2v) is 5.72. The molecular weight excluding hydrogens is 385 g/mol. The molecule has 0 aliphatic carbocycles. The minimum Gasteiger partial charge on any atom is -0.376 e. The number of hydrogen-bond acceptors (Lipinski definition) is 3. The van der Waals surface area contributed by atoms with Gasteiger partial charge in [0.2, 0.25) is 11.8 Å². The Balaban J connectivity index is 2.08. The van der Waals surface area contributed by atoms with Gasteiger partial charge in [-0.25, -0.2) is 8.78 Å². The Hall–Kier alpha value is -3.17. The van der Waals surface area contributed by atoms with Crippen LogP contribution in [0.2, 0.25) is 0 Å². The molecular formula is C18H16F5N3O2. The van der Waals surface area contributed by atoms with Crippen LogP contribution in [-0.4, -0.2) is 25.4 Å². The average Bonchev–Trinajstić information content (AvgIpc) is 2.65. The predicted molar refractivity (Wildman–Crippen MR) is 91.2 cm³/mol. The molecule has 0 radical (unpaired) electrons. The first-order valence-corrected chi connectivity index (χ1v) is 7.99. The number of halogens is 5. The van der Waals surface area contributed by atoms with Crippen LogP contribution >= 0.6 is 0 Å². The van der Waals surface area contributed by atoms with E-state index in [-0.39, 0.29) is 11.3 Å². The fourth-order valence-corrected chi connectivity index (χ4v) is 2.34. The van der Waals surface area contributed by atoms with Crippen molar-refractivity contribution >= 4 is 17.5 Å². The third-order valence-electron chi connectivity index (χ3n) is 3.73. The standard InChI is InChI=1S/C18H16F5N3O2/c1-24-17(28)16(10-5-6-13(19)14(20)7-10)26-15(27)9-25-12-4-2-3-11(8-12)18(21,22)23/h2-8,16,25H,9H2,1H3,(H,24,28)(H,26,27). The minimum atomic E-state index is -4.53. The van der Waals surface area contributed by atoms with Crippen LogP contribution < -0.4 is 16.0 Å². The van der Waals surface area contributed by atoms with Crippen molar-refractivity contribution in [1.29, 1.82) is 0 Å². The highest BCUT2D eigenvalue weighted by molar-refractivity contribution is 5.90. The van der Waals surface area contributed by atoms with E-state index in [9.17, 15) is 31.5 Å². The lowest BCUT2D eigenvalue weighted by Crippen LogP contribution is -2.41. The van der Waals surface area contributed by atoms with Gasteiger partial charge >= 0.3 is 6.18 Å². The van der Waals surface area contributed by atoms with Gasteiger partial charge in [-0.15, -0.1) is 0 Å². The van der Waals surface area contributed by atoms with Gasteiger partial charge in [-0.3, -0.25) is 9.59 Å². The Kier molecular flexibility index (Phi) is 6.55. The van der Waals surface area contributed by atoms with Crippen molar-refractivity contribution in [3.05, 3.63) is 65.2 Å². The smallest absolute Gasteiger partial charge is 0.376 e. The first-order valence-electron chi connectivity index (χ1n) is 7.99. The molecule has 3 N–H and O–H groups in total. The van der Waals surface area contributed by atoms with Crippen molar-refractivity contribution < 1.29 is 31.5 Å². The maximum atomic E-state index is 13.4. The molecule has 1 unspecified atom stereocenters. The molecule has 1 atom stereocenters. The lowest BCUT2D eigenvalue weighted by atomic mass is 10.1. The third kappa shape index (κ3) is 5.41. The molecule has 0 heterocycles. The van der Waals surface area contributed by atoms with Crippen molar-refractivity contribution in [2.24, 2.45) is 0 Å². The number of benzene rings is 2. The maximum Gasteiger partial charge on any atom is 0.416 e. The van der Waals surface area contributed by atoms with Crippen LogP contribution in [-0.2, 0) is 15.8 Å². The van der Waals surface area contributed by atoms with E-state index in [0.29, 0.717) is 0 Å². The van der Waals surface area contributed by atoms with Crippen LogP contribution in [0.15, 0.2) is 42.5 Å². The number of anilines is 1. The van der Waals surface area contributed by atoms with Crippen molar-refractivity contribution in [1.82, 2.24) is 10.6 Å². The van der Waals surface area contributed by atoms with Gasteiger partial charge in [0.15, 0.2) is 11.6 Å². The topological polar surface area (TPSA) is 70.2 Å². The van der Waals surface area contributed by atoms with Gasteiger partial charge in [0.05, 0.1) is 12.1 Å². The molecule has 0 aliphatic rings. The molecule has 2 aromatic carbocycles. The molecule has 0 aromatic heterocycles. The molecule has 0 fully saturated rings. The summed E-state index contributed by atoms with van der Waals surface area (Å²) in [5, 5.41) is 7.12. The van der Waals surface area contributed by atoms with Gasteiger partial charge in [0.1, 0.15) is 6.04 Å². The Labute approximate surface area is 156 Å². The van der Waals surface area contributed by atoms with E-state index in [1.807, 2.05) is 0 Å². The highest BCUT2D eigenvalue weighted by Crippen LogP contribution is 2.30. The van der Waals surface area contributed by atoms with Gasteiger partial charge in [0, 0.05) is 12.7 Å². The van der Waals surface area contributed by atoms with E-state index in [1.54, 1.807) is 0 Å². The van der Waals surface area contributed by atoms with Crippen LogP contribution in [0.4, 0.5) is 27.6 Å². The van der Waals surface area contributed by atoms with E-state index >= 15 is 0 Å². The van der Waals surface area contributed by atoms with Crippen LogP contribution in [0.5, 0.6) is 0 Å². The summed E-state index contributed by atoms with van der Waals surface area (Å²) in [6, 6.07) is 5.65. The molecule has 0 saturated heterocycles. The monoisotopic (exact) mass is 401 g/mol. The van der Waals surface area contributed by atoms with E-state index < -0.39 is 47.8 Å². The first kappa shape index (κ1) is 21.1. The highest BCUT2D eigenvalue weighted by atomic mass is 19.4. The number of likely N-dealkylation sites (N-methyl/N-ethyl adjacent to an activating group) is 1. The molecule has 10 heteroatoms. The summed E-state index contributed by atoms with van der Waals surface area (Å²) in [7, 11) is 1.29. The summed E-state index contributed by atoms with van der Waals surface area (Å²) in [6.45, 7) is -0.446. The molecule has 2 aromatic rings. The summed E-state index contributed by atoms with van der Waals surface area (Å²) in [5.41, 5.74) is -0.831. The van der Waals surface area contributed by atoms with Crippen LogP contribution in [0.1, 0.15) is 17.2 Å². The van der Waals surface area contributed by atoms with Crippen molar-refractivity contribution in [2.75, 3.05) is 18.9 Å². The van der Waals surface area contributed by atoms with E-state index in [0.717, 1.165) is 30.3 Å². The fraction of sp³-hybridized carbons (Fsp3) is 0.222. The third-order valence-corrected chi connectivity index (χ3v) is 3.73. The molecule has 2 rings (SSSR count). The fourth-order valence-electron chi connectivity index (χ4n) is 2.34. The summed E-state index contributed by atoms with van der Waals surface area (Å²) in [4.78, 5) is 24.1. The summed E-state index contributed by atoms with van der Waals surface area (Å²) >= 11 is 0. The Bertz CT molecular complexity index is 871. The van der Waals surface area contributed by atoms with Crippen LogP contribution in [0.3, 0.4) is 0 Å². The first-order chi connectivity index (χ1) is 13.1. The van der Waals surface area contributed by atoms with E-state index in [1.165, 1.54) is 19.2 Å². The van der Waals surface area contributed by atoms with Crippen molar-refractivity contribution in [2.45, 2.75) is 12.2 Å². The SMILES string of the molecule is CNC(=O)C(NC(=O)CNc1cccc(C(F)(F)F)c1)c1ccc(F)c(F)c1. The van der Waals surface area contributed by atoms with Gasteiger partial charge in [-0.1, -0.05) is 12.1 Å². The number of carbonyl (C=O) groups excluding carboxylic acids is 2. The molecule has 28 heavy (non-hydrogen) atoms. The van der Waals surface area contributed by atoms with Crippen LogP contribution in [0, 0.1) is 11.6 Å². The van der Waals surface area contributed by atoms with Gasteiger partial charge in [-0.2, -0.15) is 13.2 Å². The second-order valence-electron chi connectivity index (χ2n) is 5.72. The average molecular weight is 401 g/mol. The van der Waals surface area contributed by atoms with Gasteiger partial charge < -0.3 is 16.0 Å². The molecule has 0 bridgehead atoms. The van der Waals surface area contributed by atoms with Crippen LogP contribution in [0.25, 0.3) is 0 Å². The Morgan fingerprint density at radius 1 is 1.04 bits per heavy atom. The second kappa shape index (κ2) is 8.68.